The summed E-state index contributed by atoms with van der Waals surface area (Å²) in [6.07, 6.45) is 1.18. The van der Waals surface area contributed by atoms with E-state index in [9.17, 15) is 14.4 Å². The van der Waals surface area contributed by atoms with Crippen LogP contribution in [0.1, 0.15) is 11.3 Å². The number of aromatic nitrogens is 2. The zero-order chi connectivity index (χ0) is 14.7. The van der Waals surface area contributed by atoms with Crippen molar-refractivity contribution in [1.29, 1.82) is 0 Å². The molecule has 0 unspecified atom stereocenters. The van der Waals surface area contributed by atoms with Crippen LogP contribution in [0.5, 0.6) is 0 Å². The number of rotatable bonds is 5. The van der Waals surface area contributed by atoms with E-state index in [0.717, 1.165) is 4.88 Å². The topological polar surface area (TPSA) is 101 Å². The lowest BCUT2D eigenvalue weighted by molar-refractivity contribution is -0.136. The van der Waals surface area contributed by atoms with Gasteiger partial charge in [-0.3, -0.25) is 19.0 Å². The quantitative estimate of drug-likeness (QED) is 0.829. The number of carbonyl (C=O) groups is 2. The summed E-state index contributed by atoms with van der Waals surface area (Å²) in [5, 5.41) is 11.4. The smallest absolute Gasteiger partial charge is 0.305 e. The molecule has 0 aliphatic rings. The second-order valence-corrected chi connectivity index (χ2v) is 5.48. The zero-order valence-electron chi connectivity index (χ0n) is 10.8. The van der Waals surface area contributed by atoms with Gasteiger partial charge in [0.15, 0.2) is 0 Å². The van der Waals surface area contributed by atoms with Crippen LogP contribution in [0.2, 0.25) is 0 Å². The first-order valence-electron chi connectivity index (χ1n) is 5.91. The predicted octanol–water partition coefficient (Wildman–Crippen LogP) is 0.357. The minimum absolute atomic E-state index is 0.0378. The summed E-state index contributed by atoms with van der Waals surface area (Å²) in [6.45, 7) is 1.75. The number of hydrogen-bond acceptors (Lipinski definition) is 5. The number of aliphatic carboxylic acids is 1. The normalized spacial score (nSPS) is 10.7. The Labute approximate surface area is 117 Å². The number of fused-ring (bicyclic) bond motifs is 1. The highest BCUT2D eigenvalue weighted by Crippen LogP contribution is 2.19. The molecule has 2 aromatic heterocycles. The van der Waals surface area contributed by atoms with E-state index in [0.29, 0.717) is 10.2 Å². The van der Waals surface area contributed by atoms with Gasteiger partial charge < -0.3 is 10.4 Å². The number of nitrogens with one attached hydrogen (secondary N) is 1. The molecule has 0 aliphatic heterocycles. The molecule has 7 nitrogen and oxygen atoms in total. The Kier molecular flexibility index (Phi) is 4.14. The van der Waals surface area contributed by atoms with Crippen molar-refractivity contribution in [3.8, 4) is 0 Å². The maximum Gasteiger partial charge on any atom is 0.305 e. The van der Waals surface area contributed by atoms with E-state index < -0.39 is 11.9 Å². The van der Waals surface area contributed by atoms with Crippen LogP contribution in [0.25, 0.3) is 10.2 Å². The minimum atomic E-state index is -0.987. The molecule has 0 aliphatic carbocycles. The van der Waals surface area contributed by atoms with E-state index in [2.05, 4.69) is 10.3 Å². The Morgan fingerprint density at radius 3 is 2.95 bits per heavy atom. The van der Waals surface area contributed by atoms with Crippen molar-refractivity contribution in [2.24, 2.45) is 0 Å². The van der Waals surface area contributed by atoms with Gasteiger partial charge >= 0.3 is 5.97 Å². The summed E-state index contributed by atoms with van der Waals surface area (Å²) in [4.78, 5) is 39.8. The van der Waals surface area contributed by atoms with Crippen LogP contribution in [0, 0.1) is 6.92 Å². The zero-order valence-corrected chi connectivity index (χ0v) is 11.6. The Morgan fingerprint density at radius 1 is 1.50 bits per heavy atom. The number of amides is 1. The number of thiophene rings is 1. The van der Waals surface area contributed by atoms with Crippen LogP contribution in [0.15, 0.2) is 17.2 Å². The lowest BCUT2D eigenvalue weighted by Gasteiger charge is -2.05. The minimum Gasteiger partial charge on any atom is -0.481 e. The summed E-state index contributed by atoms with van der Waals surface area (Å²) < 4.78 is 1.21. The van der Waals surface area contributed by atoms with Gasteiger partial charge in [0.2, 0.25) is 5.91 Å². The van der Waals surface area contributed by atoms with Crippen LogP contribution in [-0.2, 0) is 16.1 Å². The summed E-state index contributed by atoms with van der Waals surface area (Å²) in [7, 11) is 0. The van der Waals surface area contributed by atoms with Crippen molar-refractivity contribution in [1.82, 2.24) is 14.9 Å². The maximum absolute atomic E-state index is 12.1. The summed E-state index contributed by atoms with van der Waals surface area (Å²) in [5.74, 6) is -1.40. The SMILES string of the molecule is Cc1cc2c(=O)n(CC(=O)NCCC(=O)O)cnc2s1. The monoisotopic (exact) mass is 295 g/mol. The van der Waals surface area contributed by atoms with E-state index in [1.54, 1.807) is 6.07 Å². The first-order valence-corrected chi connectivity index (χ1v) is 6.73. The molecule has 2 N–H and O–H groups in total. The standard InChI is InChI=1S/C12H13N3O4S/c1-7-4-8-11(20-7)14-6-15(12(8)19)5-9(16)13-3-2-10(17)18/h4,6H,2-3,5H2,1H3,(H,13,16)(H,17,18). The van der Waals surface area contributed by atoms with Gasteiger partial charge in [-0.15, -0.1) is 11.3 Å². The summed E-state index contributed by atoms with van der Waals surface area (Å²) in [6, 6.07) is 1.74. The van der Waals surface area contributed by atoms with E-state index in [-0.39, 0.29) is 25.1 Å². The van der Waals surface area contributed by atoms with Crippen molar-refractivity contribution in [2.75, 3.05) is 6.54 Å². The molecular formula is C12H13N3O4S. The molecule has 0 atom stereocenters. The van der Waals surface area contributed by atoms with Crippen LogP contribution in [0.4, 0.5) is 0 Å². The van der Waals surface area contributed by atoms with Gasteiger partial charge in [0, 0.05) is 11.4 Å². The molecule has 0 saturated carbocycles. The van der Waals surface area contributed by atoms with E-state index in [4.69, 9.17) is 5.11 Å². The first kappa shape index (κ1) is 14.2. The lowest BCUT2D eigenvalue weighted by atomic mass is 10.3. The summed E-state index contributed by atoms with van der Waals surface area (Å²) >= 11 is 1.42. The highest BCUT2D eigenvalue weighted by Gasteiger charge is 2.10. The number of carboxylic acid groups (broad SMARTS) is 1. The molecule has 2 rings (SSSR count). The lowest BCUT2D eigenvalue weighted by Crippen LogP contribution is -2.33. The number of nitrogens with zero attached hydrogens (tertiary/aromatic N) is 2. The Balaban J connectivity index is 2.09. The average Bonchev–Trinajstić information content (AvgIpc) is 2.74. The van der Waals surface area contributed by atoms with Crippen molar-refractivity contribution in [2.45, 2.75) is 19.9 Å². The molecule has 0 aromatic carbocycles. The van der Waals surface area contributed by atoms with Gasteiger partial charge in [-0.2, -0.15) is 0 Å². The molecule has 2 aromatic rings. The first-order chi connectivity index (χ1) is 9.47. The second kappa shape index (κ2) is 5.83. The molecule has 2 heterocycles. The molecule has 0 spiro atoms. The number of carboxylic acids is 1. The van der Waals surface area contributed by atoms with Crippen LogP contribution < -0.4 is 10.9 Å². The molecule has 1 amide bonds. The fourth-order valence-corrected chi connectivity index (χ4v) is 2.55. The molecule has 0 fully saturated rings. The molecule has 0 saturated heterocycles. The molecule has 20 heavy (non-hydrogen) atoms. The van der Waals surface area contributed by atoms with Crippen LogP contribution in [-0.4, -0.2) is 33.1 Å². The van der Waals surface area contributed by atoms with Crippen LogP contribution in [0.3, 0.4) is 0 Å². The van der Waals surface area contributed by atoms with Crippen molar-refractivity contribution >= 4 is 33.4 Å². The highest BCUT2D eigenvalue weighted by molar-refractivity contribution is 7.18. The van der Waals surface area contributed by atoms with Crippen molar-refractivity contribution < 1.29 is 14.7 Å². The van der Waals surface area contributed by atoms with Gasteiger partial charge in [-0.25, -0.2) is 4.98 Å². The third kappa shape index (κ3) is 3.21. The van der Waals surface area contributed by atoms with E-state index in [1.165, 1.54) is 22.2 Å². The molecule has 106 valence electrons. The van der Waals surface area contributed by atoms with Gasteiger partial charge in [0.05, 0.1) is 18.1 Å². The third-order valence-corrected chi connectivity index (χ3v) is 3.57. The predicted molar refractivity (Wildman–Crippen MR) is 73.9 cm³/mol. The van der Waals surface area contributed by atoms with E-state index in [1.807, 2.05) is 6.92 Å². The fourth-order valence-electron chi connectivity index (χ4n) is 1.71. The molecular weight excluding hydrogens is 282 g/mol. The van der Waals surface area contributed by atoms with Gasteiger partial charge in [0.1, 0.15) is 11.4 Å². The highest BCUT2D eigenvalue weighted by atomic mass is 32.1. The molecule has 8 heteroatoms. The third-order valence-electron chi connectivity index (χ3n) is 2.62. The Bertz CT molecular complexity index is 719. The largest absolute Gasteiger partial charge is 0.481 e. The van der Waals surface area contributed by atoms with E-state index >= 15 is 0 Å². The van der Waals surface area contributed by atoms with Crippen molar-refractivity contribution in [3.63, 3.8) is 0 Å². The Hall–Kier alpha value is -2.22. The Morgan fingerprint density at radius 2 is 2.25 bits per heavy atom. The van der Waals surface area contributed by atoms with Crippen molar-refractivity contribution in [3.05, 3.63) is 27.6 Å². The number of carbonyl (C=O) groups excluding carboxylic acids is 1. The van der Waals surface area contributed by atoms with Gasteiger partial charge in [-0.05, 0) is 13.0 Å². The molecule has 0 bridgehead atoms. The summed E-state index contributed by atoms with van der Waals surface area (Å²) in [5.41, 5.74) is -0.271. The number of hydrogen-bond donors (Lipinski definition) is 2. The molecule has 0 radical (unpaired) electrons. The fraction of sp³-hybridized carbons (Fsp3) is 0.333. The van der Waals surface area contributed by atoms with Gasteiger partial charge in [0.25, 0.3) is 5.56 Å². The second-order valence-electron chi connectivity index (χ2n) is 4.25. The average molecular weight is 295 g/mol. The maximum atomic E-state index is 12.1. The van der Waals surface area contributed by atoms with Gasteiger partial charge in [-0.1, -0.05) is 0 Å². The van der Waals surface area contributed by atoms with Crippen LogP contribution >= 0.6 is 11.3 Å². The number of aryl methyl sites for hydroxylation is 1.